The minimum Gasteiger partial charge on any atom is -0.473 e. The van der Waals surface area contributed by atoms with Crippen LogP contribution in [0.25, 0.3) is 44.6 Å². The number of imidazole rings is 2. The molecule has 10 rings (SSSR count). The second kappa shape index (κ2) is 24.0. The Bertz CT molecular complexity index is 3780. The summed E-state index contributed by atoms with van der Waals surface area (Å²) in [5, 5.41) is 0. The molecule has 0 spiro atoms. The third kappa shape index (κ3) is 12.3. The number of fused-ring (bicyclic) bond motifs is 2. The van der Waals surface area contributed by atoms with Gasteiger partial charge in [-0.05, 0) is 124 Å². The fourth-order valence-corrected chi connectivity index (χ4v) is 9.45. The van der Waals surface area contributed by atoms with Crippen LogP contribution >= 0.6 is 0 Å². The Labute approximate surface area is 463 Å². The Morgan fingerprint density at radius 2 is 0.901 bits per heavy atom. The molecule has 0 fully saturated rings. The van der Waals surface area contributed by atoms with Crippen LogP contribution in [0.4, 0.5) is 17.6 Å². The molecule has 0 amide bonds. The number of ether oxygens (including phenoxy) is 5. The number of esters is 2. The summed E-state index contributed by atoms with van der Waals surface area (Å²) < 4.78 is 95.3. The molecule has 0 bridgehead atoms. The maximum absolute atomic E-state index is 16.0. The van der Waals surface area contributed by atoms with Crippen LogP contribution in [-0.2, 0) is 53.4 Å². The lowest BCUT2D eigenvalue weighted by Gasteiger charge is -2.12. The summed E-state index contributed by atoms with van der Waals surface area (Å²) in [5.41, 5.74) is 7.27. The number of hydrogen-bond acceptors (Lipinski definition) is 13. The number of carbonyl (C=O) groups is 2. The van der Waals surface area contributed by atoms with E-state index in [9.17, 15) is 9.59 Å². The number of rotatable bonds is 20. The van der Waals surface area contributed by atoms with Gasteiger partial charge in [0.2, 0.25) is 11.8 Å². The zero-order valence-corrected chi connectivity index (χ0v) is 45.2. The van der Waals surface area contributed by atoms with Crippen molar-refractivity contribution in [1.29, 1.82) is 0 Å². The molecule has 81 heavy (non-hydrogen) atoms. The number of hydrogen-bond donors (Lipinski definition) is 0. The molecule has 0 N–H and O–H groups in total. The fourth-order valence-electron chi connectivity index (χ4n) is 9.45. The molecule has 10 aromatic rings. The molecular weight excluding hydrogens is 1040 g/mol. The van der Waals surface area contributed by atoms with E-state index >= 15 is 17.6 Å². The van der Waals surface area contributed by atoms with Crippen molar-refractivity contribution in [3.63, 3.8) is 0 Å². The van der Waals surface area contributed by atoms with E-state index in [0.717, 1.165) is 58.2 Å². The minimum atomic E-state index is -0.962. The highest BCUT2D eigenvalue weighted by Gasteiger charge is 2.23. The number of nitrogens with zero attached hydrogens (tertiary/aromatic N) is 8. The number of benzene rings is 4. The standard InChI is InChI=1S/C62H54F4N8O7/c1-35-13-15-41(37(3)67-35)33-79-59-11-7-9-51(71-59)45-31-47(63)43(25-49(45)65)29-57-69-53-19-17-39(27-55(53)73(57)21-23-77-5)61(75)81-62(76)40-18-20-54-56(28-40)74(22-24-78-6)58(70-54)30-44-26-50(66)46(32-48(44)64)52-10-8-12-60(72-52)80-34-42-16-14-36(2)68-38(42)4/h7-20,25-28,31-32H,21-24,29-30,33-34H2,1-6H3. The van der Waals surface area contributed by atoms with Crippen molar-refractivity contribution >= 4 is 34.0 Å². The molecule has 19 heteroatoms. The number of aromatic nitrogens is 8. The van der Waals surface area contributed by atoms with Crippen LogP contribution in [0.1, 0.15) is 77.4 Å². The summed E-state index contributed by atoms with van der Waals surface area (Å²) in [5.74, 6) is -3.53. The van der Waals surface area contributed by atoms with Gasteiger partial charge in [0.15, 0.2) is 0 Å². The molecule has 0 aliphatic carbocycles. The van der Waals surface area contributed by atoms with Crippen molar-refractivity contribution in [1.82, 2.24) is 39.0 Å². The van der Waals surface area contributed by atoms with E-state index in [-0.39, 0.29) is 109 Å². The van der Waals surface area contributed by atoms with Gasteiger partial charge in [-0.3, -0.25) is 9.97 Å². The lowest BCUT2D eigenvalue weighted by Crippen LogP contribution is -2.14. The number of pyridine rings is 4. The molecule has 0 atom stereocenters. The monoisotopic (exact) mass is 1100 g/mol. The number of methoxy groups -OCH3 is 2. The van der Waals surface area contributed by atoms with E-state index < -0.39 is 35.2 Å². The van der Waals surface area contributed by atoms with Crippen molar-refractivity contribution in [2.75, 3.05) is 27.4 Å². The van der Waals surface area contributed by atoms with Gasteiger partial charge in [-0.25, -0.2) is 47.1 Å². The second-order valence-electron chi connectivity index (χ2n) is 19.3. The normalized spacial score (nSPS) is 11.4. The molecule has 6 heterocycles. The molecule has 15 nitrogen and oxygen atoms in total. The first-order valence-electron chi connectivity index (χ1n) is 25.9. The molecule has 6 aromatic heterocycles. The predicted octanol–water partition coefficient (Wildman–Crippen LogP) is 11.7. The van der Waals surface area contributed by atoms with E-state index in [4.69, 9.17) is 33.7 Å². The topological polar surface area (TPSA) is 167 Å². The van der Waals surface area contributed by atoms with Gasteiger partial charge in [0.05, 0.1) is 57.8 Å². The van der Waals surface area contributed by atoms with E-state index in [2.05, 4.69) is 19.9 Å². The van der Waals surface area contributed by atoms with Crippen molar-refractivity contribution in [2.45, 2.75) is 66.8 Å². The maximum Gasteiger partial charge on any atom is 0.346 e. The SMILES string of the molecule is COCCn1c(Cc2cc(F)c(-c3cccc(OCc4ccc(C)nc4C)n3)cc2F)nc2ccc(C(=O)OC(=O)c3ccc4nc(Cc5cc(F)c(-c6cccc(OCc7ccc(C)nc7C)n6)cc5F)n(CCOC)c4c3)cc21. The third-order valence-corrected chi connectivity index (χ3v) is 13.7. The van der Waals surface area contributed by atoms with Crippen LogP contribution in [0.5, 0.6) is 11.8 Å². The zero-order valence-electron chi connectivity index (χ0n) is 45.2. The average Bonchev–Trinajstić information content (AvgIpc) is 4.25. The first-order valence-corrected chi connectivity index (χ1v) is 25.9. The molecular formula is C62H54F4N8O7. The molecule has 0 saturated carbocycles. The highest BCUT2D eigenvalue weighted by molar-refractivity contribution is 6.05. The van der Waals surface area contributed by atoms with Gasteiger partial charge in [-0.2, -0.15) is 0 Å². The van der Waals surface area contributed by atoms with Gasteiger partial charge in [-0.15, -0.1) is 0 Å². The van der Waals surface area contributed by atoms with Crippen LogP contribution in [0.3, 0.4) is 0 Å². The van der Waals surface area contributed by atoms with Gasteiger partial charge in [0.25, 0.3) is 0 Å². The van der Waals surface area contributed by atoms with Gasteiger partial charge < -0.3 is 32.8 Å². The van der Waals surface area contributed by atoms with Gasteiger partial charge >= 0.3 is 11.9 Å². The van der Waals surface area contributed by atoms with Crippen LogP contribution in [0.15, 0.2) is 121 Å². The molecule has 0 aliphatic rings. The van der Waals surface area contributed by atoms with Crippen molar-refractivity contribution < 1.29 is 50.8 Å². The average molecular weight is 1100 g/mol. The maximum atomic E-state index is 16.0. The van der Waals surface area contributed by atoms with Crippen molar-refractivity contribution in [3.8, 4) is 34.3 Å². The number of carbonyl (C=O) groups excluding carboxylic acids is 2. The smallest absolute Gasteiger partial charge is 0.346 e. The van der Waals surface area contributed by atoms with Gasteiger partial charge in [-0.1, -0.05) is 24.3 Å². The lowest BCUT2D eigenvalue weighted by atomic mass is 10.0. The Balaban J connectivity index is 0.840. The van der Waals surface area contributed by atoms with Crippen LogP contribution in [-0.4, -0.2) is 78.4 Å². The van der Waals surface area contributed by atoms with Crippen molar-refractivity contribution in [2.24, 2.45) is 0 Å². The molecule has 412 valence electrons. The fraction of sp³-hybridized carbons (Fsp3) is 0.226. The molecule has 0 unspecified atom stereocenters. The Morgan fingerprint density at radius 1 is 0.469 bits per heavy atom. The largest absolute Gasteiger partial charge is 0.473 e. The number of halogens is 4. The first kappa shape index (κ1) is 55.1. The summed E-state index contributed by atoms with van der Waals surface area (Å²) in [7, 11) is 3.03. The van der Waals surface area contributed by atoms with E-state index in [0.29, 0.717) is 33.7 Å². The molecule has 0 saturated heterocycles. The van der Waals surface area contributed by atoms with Crippen molar-refractivity contribution in [3.05, 3.63) is 212 Å². The molecule has 0 radical (unpaired) electrons. The van der Waals surface area contributed by atoms with Gasteiger partial charge in [0.1, 0.15) is 48.1 Å². The highest BCUT2D eigenvalue weighted by atomic mass is 19.1. The summed E-state index contributed by atoms with van der Waals surface area (Å²) in [6.07, 6.45) is -0.248. The summed E-state index contributed by atoms with van der Waals surface area (Å²) >= 11 is 0. The van der Waals surface area contributed by atoms with Crippen LogP contribution < -0.4 is 9.47 Å². The molecule has 4 aromatic carbocycles. The zero-order chi connectivity index (χ0) is 56.9. The Morgan fingerprint density at radius 3 is 1.31 bits per heavy atom. The summed E-state index contributed by atoms with van der Waals surface area (Å²) in [4.78, 5) is 54.7. The van der Waals surface area contributed by atoms with E-state index in [1.807, 2.05) is 52.0 Å². The predicted molar refractivity (Wildman–Crippen MR) is 294 cm³/mol. The number of aryl methyl sites for hydroxylation is 4. The minimum absolute atomic E-state index is 0.0171. The summed E-state index contributed by atoms with van der Waals surface area (Å²) in [6.45, 7) is 8.85. The van der Waals surface area contributed by atoms with Gasteiger partial charge in [0, 0.05) is 97.3 Å². The lowest BCUT2D eigenvalue weighted by molar-refractivity contribution is 0.0397. The van der Waals surface area contributed by atoms with E-state index in [1.165, 1.54) is 38.5 Å². The second-order valence-corrected chi connectivity index (χ2v) is 19.3. The Hall–Kier alpha value is -9.20. The Kier molecular flexibility index (Phi) is 16.4. The third-order valence-electron chi connectivity index (χ3n) is 13.7. The van der Waals surface area contributed by atoms with E-state index in [1.54, 1.807) is 57.7 Å². The van der Waals surface area contributed by atoms with Crippen LogP contribution in [0.2, 0.25) is 0 Å². The highest BCUT2D eigenvalue weighted by Crippen LogP contribution is 2.31. The molecule has 0 aliphatic heterocycles. The summed E-state index contributed by atoms with van der Waals surface area (Å²) in [6, 6.07) is 30.8. The first-order chi connectivity index (χ1) is 39.1. The quantitative estimate of drug-likeness (QED) is 0.0402. The van der Waals surface area contributed by atoms with Crippen LogP contribution in [0, 0.1) is 51.0 Å².